The summed E-state index contributed by atoms with van der Waals surface area (Å²) in [6.45, 7) is 2.68. The van der Waals surface area contributed by atoms with Gasteiger partial charge in [-0.15, -0.1) is 10.2 Å². The molecule has 0 amide bonds. The second-order valence-electron chi connectivity index (χ2n) is 9.91. The molecule has 6 rings (SSSR count). The summed E-state index contributed by atoms with van der Waals surface area (Å²) in [7, 11) is 1.80. The van der Waals surface area contributed by atoms with E-state index in [4.69, 9.17) is 0 Å². The number of aryl methyl sites for hydroxylation is 1. The minimum absolute atomic E-state index is 0.0509. The number of anilines is 1. The summed E-state index contributed by atoms with van der Waals surface area (Å²) in [6, 6.07) is 12.2. The first kappa shape index (κ1) is 22.9. The lowest BCUT2D eigenvalue weighted by atomic mass is 10.0. The van der Waals surface area contributed by atoms with Crippen LogP contribution in [0.4, 0.5) is 19.0 Å². The lowest BCUT2D eigenvalue weighted by Gasteiger charge is -2.21. The quantitative estimate of drug-likeness (QED) is 0.432. The van der Waals surface area contributed by atoms with Crippen molar-refractivity contribution >= 4 is 16.7 Å². The van der Waals surface area contributed by atoms with Gasteiger partial charge >= 0.3 is 6.18 Å². The normalized spacial score (nSPS) is 22.3. The summed E-state index contributed by atoms with van der Waals surface area (Å²) < 4.78 is 43.8. The summed E-state index contributed by atoms with van der Waals surface area (Å²) in [5, 5.41) is 16.4. The predicted molar refractivity (Wildman–Crippen MR) is 130 cm³/mol. The average Bonchev–Trinajstić information content (AvgIpc) is 3.50. The molecule has 36 heavy (non-hydrogen) atoms. The van der Waals surface area contributed by atoms with Gasteiger partial charge in [-0.05, 0) is 55.0 Å². The van der Waals surface area contributed by atoms with Gasteiger partial charge in [-0.3, -0.25) is 14.6 Å². The SMILES string of the molecule is Cn1cc2cc(-c3cc(C(F)(F)F)c(NC4CC5CN(Cc6ccccn6)CC5C4)nn3)ccc2n1. The minimum Gasteiger partial charge on any atom is -0.365 e. The number of hydrogen-bond acceptors (Lipinski definition) is 6. The van der Waals surface area contributed by atoms with Crippen molar-refractivity contribution in [1.29, 1.82) is 0 Å². The molecule has 1 aromatic carbocycles. The number of likely N-dealkylation sites (tertiary alicyclic amines) is 1. The van der Waals surface area contributed by atoms with Gasteiger partial charge in [0.15, 0.2) is 5.82 Å². The Morgan fingerprint density at radius 2 is 1.83 bits per heavy atom. The molecule has 2 fully saturated rings. The largest absolute Gasteiger partial charge is 0.420 e. The van der Waals surface area contributed by atoms with Gasteiger partial charge in [-0.2, -0.15) is 18.3 Å². The van der Waals surface area contributed by atoms with Gasteiger partial charge in [0.05, 0.1) is 16.9 Å². The van der Waals surface area contributed by atoms with Crippen molar-refractivity contribution in [3.63, 3.8) is 0 Å². The maximum atomic E-state index is 14.0. The van der Waals surface area contributed by atoms with E-state index in [1.807, 2.05) is 24.4 Å². The molecule has 7 nitrogen and oxygen atoms in total. The maximum Gasteiger partial charge on any atom is 0.420 e. The summed E-state index contributed by atoms with van der Waals surface area (Å²) in [6.07, 6.45) is 0.720. The zero-order chi connectivity index (χ0) is 24.9. The van der Waals surface area contributed by atoms with Crippen LogP contribution in [-0.4, -0.2) is 49.0 Å². The van der Waals surface area contributed by atoms with Crippen LogP contribution in [0.5, 0.6) is 0 Å². The fourth-order valence-corrected chi connectivity index (χ4v) is 5.72. The smallest absolute Gasteiger partial charge is 0.365 e. The number of nitrogens with zero attached hydrogens (tertiary/aromatic N) is 6. The van der Waals surface area contributed by atoms with Gasteiger partial charge in [0, 0.05) is 56.1 Å². The number of benzene rings is 1. The van der Waals surface area contributed by atoms with Crippen molar-refractivity contribution in [2.24, 2.45) is 18.9 Å². The third-order valence-electron chi connectivity index (χ3n) is 7.29. The van der Waals surface area contributed by atoms with Gasteiger partial charge in [0.25, 0.3) is 0 Å². The second kappa shape index (κ2) is 8.85. The minimum atomic E-state index is -4.54. The third kappa shape index (κ3) is 4.53. The van der Waals surface area contributed by atoms with Gasteiger partial charge in [-0.25, -0.2) is 0 Å². The summed E-state index contributed by atoms with van der Waals surface area (Å²) in [4.78, 5) is 6.80. The number of halogens is 3. The van der Waals surface area contributed by atoms with E-state index in [0.717, 1.165) is 55.1 Å². The molecule has 3 aromatic heterocycles. The highest BCUT2D eigenvalue weighted by atomic mass is 19.4. The van der Waals surface area contributed by atoms with Crippen LogP contribution in [0.3, 0.4) is 0 Å². The monoisotopic (exact) mass is 493 g/mol. The molecule has 1 aliphatic carbocycles. The number of fused-ring (bicyclic) bond motifs is 2. The molecule has 4 heterocycles. The van der Waals surface area contributed by atoms with E-state index < -0.39 is 11.7 Å². The molecule has 1 saturated heterocycles. The van der Waals surface area contributed by atoms with E-state index in [0.29, 0.717) is 17.4 Å². The van der Waals surface area contributed by atoms with Crippen molar-refractivity contribution in [3.05, 3.63) is 66.1 Å². The lowest BCUT2D eigenvalue weighted by Crippen LogP contribution is -2.26. The predicted octanol–water partition coefficient (Wildman–Crippen LogP) is 4.77. The van der Waals surface area contributed by atoms with E-state index in [9.17, 15) is 13.2 Å². The van der Waals surface area contributed by atoms with Crippen LogP contribution in [-0.2, 0) is 19.8 Å². The van der Waals surface area contributed by atoms with Crippen LogP contribution in [0, 0.1) is 11.8 Å². The van der Waals surface area contributed by atoms with Gasteiger partial charge in [-0.1, -0.05) is 12.1 Å². The maximum absolute atomic E-state index is 14.0. The first-order valence-electron chi connectivity index (χ1n) is 12.1. The number of nitrogens with one attached hydrogen (secondary N) is 1. The first-order chi connectivity index (χ1) is 17.3. The molecule has 0 radical (unpaired) electrons. The Balaban J connectivity index is 1.17. The average molecular weight is 494 g/mol. The lowest BCUT2D eigenvalue weighted by molar-refractivity contribution is -0.137. The highest BCUT2D eigenvalue weighted by molar-refractivity contribution is 5.83. The van der Waals surface area contributed by atoms with Crippen molar-refractivity contribution in [2.45, 2.75) is 31.6 Å². The molecule has 186 valence electrons. The Labute approximate surface area is 206 Å². The molecule has 10 heteroatoms. The standard InChI is InChI=1S/C26H26F3N7/c1-35-12-19-8-16(5-6-23(19)34-35)24-11-22(26(27,28)29)25(33-32-24)31-21-9-17-13-36(14-18(17)10-21)15-20-4-2-3-7-30-20/h2-8,11-12,17-18,21H,9-10,13-15H2,1H3,(H,31,33). The summed E-state index contributed by atoms with van der Waals surface area (Å²) in [5.41, 5.74) is 1.79. The fourth-order valence-electron chi connectivity index (χ4n) is 5.72. The molecular weight excluding hydrogens is 467 g/mol. The van der Waals surface area contributed by atoms with Gasteiger partial charge in [0.1, 0.15) is 5.56 Å². The number of aromatic nitrogens is 5. The Morgan fingerprint density at radius 1 is 1.03 bits per heavy atom. The van der Waals surface area contributed by atoms with Crippen molar-refractivity contribution in [1.82, 2.24) is 29.9 Å². The Morgan fingerprint density at radius 3 is 2.56 bits per heavy atom. The van der Waals surface area contributed by atoms with E-state index in [1.165, 1.54) is 0 Å². The Hall–Kier alpha value is -3.53. The molecule has 2 aliphatic rings. The fraction of sp³-hybridized carbons (Fsp3) is 0.385. The molecular formula is C26H26F3N7. The molecule has 0 bridgehead atoms. The number of hydrogen-bond donors (Lipinski definition) is 1. The van der Waals surface area contributed by atoms with Crippen molar-refractivity contribution in [2.75, 3.05) is 18.4 Å². The van der Waals surface area contributed by atoms with E-state index in [2.05, 4.69) is 30.5 Å². The van der Waals surface area contributed by atoms with Crippen LogP contribution >= 0.6 is 0 Å². The van der Waals surface area contributed by atoms with Crippen LogP contribution in [0.2, 0.25) is 0 Å². The molecule has 2 atom stereocenters. The zero-order valence-electron chi connectivity index (χ0n) is 19.8. The molecule has 1 N–H and O–H groups in total. The summed E-state index contributed by atoms with van der Waals surface area (Å²) >= 11 is 0. The topological polar surface area (TPSA) is 71.8 Å². The van der Waals surface area contributed by atoms with E-state index in [-0.39, 0.29) is 17.6 Å². The number of pyridine rings is 1. The van der Waals surface area contributed by atoms with Crippen molar-refractivity contribution < 1.29 is 13.2 Å². The molecule has 1 saturated carbocycles. The van der Waals surface area contributed by atoms with E-state index in [1.54, 1.807) is 36.1 Å². The first-order valence-corrected chi connectivity index (χ1v) is 12.1. The zero-order valence-corrected chi connectivity index (χ0v) is 19.8. The van der Waals surface area contributed by atoms with Crippen LogP contribution in [0.25, 0.3) is 22.2 Å². The number of rotatable bonds is 5. The molecule has 2 unspecified atom stereocenters. The van der Waals surface area contributed by atoms with Gasteiger partial charge in [0.2, 0.25) is 0 Å². The Bertz CT molecular complexity index is 1370. The molecule has 1 aliphatic heterocycles. The van der Waals surface area contributed by atoms with Crippen LogP contribution < -0.4 is 5.32 Å². The van der Waals surface area contributed by atoms with Gasteiger partial charge < -0.3 is 5.32 Å². The molecule has 0 spiro atoms. The third-order valence-corrected chi connectivity index (χ3v) is 7.29. The Kier molecular flexibility index (Phi) is 5.63. The highest BCUT2D eigenvalue weighted by Crippen LogP contribution is 2.41. The van der Waals surface area contributed by atoms with Crippen molar-refractivity contribution in [3.8, 4) is 11.3 Å². The number of alkyl halides is 3. The second-order valence-corrected chi connectivity index (χ2v) is 9.91. The van der Waals surface area contributed by atoms with Crippen LogP contribution in [0.15, 0.2) is 54.9 Å². The summed E-state index contributed by atoms with van der Waals surface area (Å²) in [5.74, 6) is 0.724. The van der Waals surface area contributed by atoms with Crippen LogP contribution in [0.1, 0.15) is 24.1 Å². The highest BCUT2D eigenvalue weighted by Gasteiger charge is 2.42. The molecule has 4 aromatic rings. The van der Waals surface area contributed by atoms with E-state index >= 15 is 0 Å².